The molecule has 25 heavy (non-hydrogen) atoms. The average molecular weight is 399 g/mol. The van der Waals surface area contributed by atoms with Crippen LogP contribution in [0.2, 0.25) is 4.09 Å². The quantitative estimate of drug-likeness (QED) is 0.216. The Morgan fingerprint density at radius 2 is 1.16 bits per heavy atom. The number of unbranched alkanes of at least 4 members (excludes halogenated alkanes) is 6. The SMILES string of the molecule is O=C([O-])CC(=O)[O-].[K+].[K+].[Li][C](C)(CCCCCCCCC)C(C)(C)C. The normalized spacial score (nSPS) is 12.6. The molecule has 0 saturated carbocycles. The van der Waals surface area contributed by atoms with Crippen molar-refractivity contribution in [2.24, 2.45) is 5.41 Å². The molecule has 0 radical (unpaired) electrons. The summed E-state index contributed by atoms with van der Waals surface area (Å²) in [5.74, 6) is -3.25. The van der Waals surface area contributed by atoms with Crippen LogP contribution in [0.3, 0.4) is 0 Å². The molecule has 7 heteroatoms. The van der Waals surface area contributed by atoms with E-state index >= 15 is 0 Å². The minimum atomic E-state index is -1.63. The first kappa shape index (κ1) is 35.3. The average Bonchev–Trinajstić information content (AvgIpc) is 2.35. The zero-order valence-corrected chi connectivity index (χ0v) is 24.2. The zero-order valence-electron chi connectivity index (χ0n) is 18.0. The van der Waals surface area contributed by atoms with Crippen molar-refractivity contribution in [1.82, 2.24) is 0 Å². The number of aliphatic carboxylic acids is 2. The molecule has 0 aliphatic heterocycles. The van der Waals surface area contributed by atoms with Gasteiger partial charge in [0, 0.05) is 18.4 Å². The van der Waals surface area contributed by atoms with E-state index in [2.05, 4.69) is 52.3 Å². The van der Waals surface area contributed by atoms with Crippen molar-refractivity contribution >= 4 is 29.7 Å². The Kier molecular flexibility index (Phi) is 28.3. The molecular formula is C18H33K2LiO4. The van der Waals surface area contributed by atoms with Gasteiger partial charge in [0.2, 0.25) is 0 Å². The fourth-order valence-electron chi connectivity index (χ4n) is 2.02. The molecule has 0 spiro atoms. The third-order valence-electron chi connectivity index (χ3n) is 4.72. The van der Waals surface area contributed by atoms with Crippen molar-refractivity contribution in [2.45, 2.75) is 96.5 Å². The minimum absolute atomic E-state index is 0. The molecule has 0 N–H and O–H groups in total. The van der Waals surface area contributed by atoms with Gasteiger partial charge in [0.15, 0.2) is 0 Å². The van der Waals surface area contributed by atoms with Gasteiger partial charge in [0.1, 0.15) is 0 Å². The topological polar surface area (TPSA) is 80.3 Å². The van der Waals surface area contributed by atoms with Crippen molar-refractivity contribution in [3.8, 4) is 0 Å². The first-order valence-corrected chi connectivity index (χ1v) is 8.83. The number of carbonyl (C=O) groups is 2. The molecule has 0 amide bonds. The molecule has 132 valence electrons. The first-order valence-electron chi connectivity index (χ1n) is 8.83. The van der Waals surface area contributed by atoms with Crippen LogP contribution in [0, 0.1) is 5.41 Å². The molecule has 4 nitrogen and oxygen atoms in total. The van der Waals surface area contributed by atoms with Crippen LogP contribution in [0.25, 0.3) is 0 Å². The Morgan fingerprint density at radius 1 is 0.800 bits per heavy atom. The fraction of sp³-hybridized carbons (Fsp3) is 0.889. The summed E-state index contributed by atoms with van der Waals surface area (Å²) >= 11 is 2.42. The van der Waals surface area contributed by atoms with Crippen LogP contribution in [0.4, 0.5) is 0 Å². The van der Waals surface area contributed by atoms with Gasteiger partial charge in [-0.05, 0) is 0 Å². The molecule has 0 aliphatic carbocycles. The Labute approximate surface area is 249 Å². The van der Waals surface area contributed by atoms with E-state index in [0.717, 1.165) is 0 Å². The Balaban J connectivity index is -0.000000210. The van der Waals surface area contributed by atoms with Gasteiger partial charge in [-0.2, -0.15) is 0 Å². The summed E-state index contributed by atoms with van der Waals surface area (Å²) in [6.45, 7) is 11.8. The van der Waals surface area contributed by atoms with E-state index in [1.165, 1.54) is 51.4 Å². The Morgan fingerprint density at radius 3 is 1.44 bits per heavy atom. The van der Waals surface area contributed by atoms with E-state index in [9.17, 15) is 19.8 Å². The van der Waals surface area contributed by atoms with Crippen molar-refractivity contribution in [3.63, 3.8) is 0 Å². The van der Waals surface area contributed by atoms with Gasteiger partial charge >= 0.3 is 216 Å². The summed E-state index contributed by atoms with van der Waals surface area (Å²) < 4.78 is 0.483. The molecule has 0 fully saturated rings. The van der Waals surface area contributed by atoms with Crippen LogP contribution in [0.15, 0.2) is 0 Å². The monoisotopic (exact) mass is 398 g/mol. The maximum absolute atomic E-state index is 9.28. The molecule has 0 aromatic rings. The summed E-state index contributed by atoms with van der Waals surface area (Å²) in [6.07, 6.45) is 10.3. The standard InChI is InChI=1S/C15H31.C3H4O4.2K.Li/c1-6-7-8-9-10-11-12-13-14(2)15(3,4)5;4-2(5)1-3(6)7;;;/h6-13H2,1-5H3;1H2,(H,4,5)(H,6,7);;;/q;;2*+1;/p-2. The number of carboxylic acids is 2. The molecule has 0 rings (SSSR count). The summed E-state index contributed by atoms with van der Waals surface area (Å²) in [5, 5.41) is 18.6. The van der Waals surface area contributed by atoms with Crippen molar-refractivity contribution < 1.29 is 123 Å². The Hall–Kier alpha value is 2.81. The zero-order chi connectivity index (χ0) is 18.5. The van der Waals surface area contributed by atoms with E-state index in [1.54, 1.807) is 0 Å². The van der Waals surface area contributed by atoms with Crippen molar-refractivity contribution in [1.29, 1.82) is 0 Å². The second-order valence-corrected chi connectivity index (χ2v) is 7.93. The molecule has 0 aliphatic rings. The van der Waals surface area contributed by atoms with Crippen LogP contribution >= 0.6 is 0 Å². The van der Waals surface area contributed by atoms with Gasteiger partial charge in [-0.1, -0.05) is 0 Å². The molecule has 0 bridgehead atoms. The van der Waals surface area contributed by atoms with Crippen LogP contribution < -0.4 is 113 Å². The summed E-state index contributed by atoms with van der Waals surface area (Å²) in [7, 11) is 0. The predicted octanol–water partition coefficient (Wildman–Crippen LogP) is -3.60. The summed E-state index contributed by atoms with van der Waals surface area (Å²) in [5.41, 5.74) is 0.440. The van der Waals surface area contributed by atoms with Gasteiger partial charge < -0.3 is 19.8 Å². The number of hydrogen-bond acceptors (Lipinski definition) is 4. The summed E-state index contributed by atoms with van der Waals surface area (Å²) in [6, 6.07) is 0. The fourth-order valence-corrected chi connectivity index (χ4v) is 2.02. The van der Waals surface area contributed by atoms with Gasteiger partial charge in [0.25, 0.3) is 0 Å². The Bertz CT molecular complexity index is 330. The molecule has 0 heterocycles. The van der Waals surface area contributed by atoms with Gasteiger partial charge in [-0.3, -0.25) is 0 Å². The maximum atomic E-state index is 9.28. The van der Waals surface area contributed by atoms with E-state index in [0.29, 0.717) is 9.50 Å². The van der Waals surface area contributed by atoms with Crippen LogP contribution in [-0.4, -0.2) is 29.7 Å². The van der Waals surface area contributed by atoms with Gasteiger partial charge in [-0.25, -0.2) is 0 Å². The second-order valence-electron chi connectivity index (χ2n) is 7.93. The van der Waals surface area contributed by atoms with E-state index in [4.69, 9.17) is 0 Å². The number of carbonyl (C=O) groups excluding carboxylic acids is 2. The summed E-state index contributed by atoms with van der Waals surface area (Å²) in [4.78, 5) is 18.6. The third-order valence-corrected chi connectivity index (χ3v) is 4.72. The first-order chi connectivity index (χ1) is 10.4. The number of rotatable bonds is 10. The molecule has 0 saturated heterocycles. The molecular weight excluding hydrogens is 365 g/mol. The van der Waals surface area contributed by atoms with Gasteiger partial charge in [-0.15, -0.1) is 0 Å². The molecule has 0 aromatic carbocycles. The molecule has 1 unspecified atom stereocenters. The molecule has 0 aromatic heterocycles. The van der Waals surface area contributed by atoms with Gasteiger partial charge in [0.05, 0.1) is 0 Å². The second kappa shape index (κ2) is 20.1. The third kappa shape index (κ3) is 24.8. The van der Waals surface area contributed by atoms with Crippen LogP contribution in [0.1, 0.15) is 92.4 Å². The molecule has 1 atom stereocenters. The van der Waals surface area contributed by atoms with Crippen molar-refractivity contribution in [3.05, 3.63) is 0 Å². The van der Waals surface area contributed by atoms with Crippen LogP contribution in [0.5, 0.6) is 0 Å². The van der Waals surface area contributed by atoms with E-state index in [-0.39, 0.29) is 103 Å². The predicted molar refractivity (Wildman–Crippen MR) is 90.8 cm³/mol. The number of hydrogen-bond donors (Lipinski definition) is 0. The van der Waals surface area contributed by atoms with Crippen molar-refractivity contribution in [2.75, 3.05) is 0 Å². The van der Waals surface area contributed by atoms with E-state index in [1.807, 2.05) is 0 Å². The number of carboxylic acid groups (broad SMARTS) is 2. The van der Waals surface area contributed by atoms with E-state index < -0.39 is 18.4 Å². The van der Waals surface area contributed by atoms with Crippen LogP contribution in [-0.2, 0) is 9.59 Å².